The van der Waals surface area contributed by atoms with Gasteiger partial charge in [-0.3, -0.25) is 4.57 Å². The van der Waals surface area contributed by atoms with E-state index in [0.29, 0.717) is 11.2 Å². The molecule has 0 spiro atoms. The molecule has 1 heterocycles. The molecular weight excluding hydrogens is 302 g/mol. The molecular formula is C12H11BrClN3. The normalized spacial score (nSPS) is 15.2. The van der Waals surface area contributed by atoms with E-state index in [-0.39, 0.29) is 0 Å². The summed E-state index contributed by atoms with van der Waals surface area (Å²) in [5, 5.41) is 8.59. The maximum Gasteiger partial charge on any atom is 0.229 e. The van der Waals surface area contributed by atoms with Crippen LogP contribution in [-0.4, -0.2) is 14.8 Å². The van der Waals surface area contributed by atoms with Crippen molar-refractivity contribution in [3.63, 3.8) is 0 Å². The van der Waals surface area contributed by atoms with E-state index in [4.69, 9.17) is 11.6 Å². The monoisotopic (exact) mass is 311 g/mol. The highest BCUT2D eigenvalue weighted by Gasteiger charge is 2.30. The molecule has 0 aliphatic heterocycles. The van der Waals surface area contributed by atoms with E-state index in [1.165, 1.54) is 18.4 Å². The van der Waals surface area contributed by atoms with Gasteiger partial charge in [0.25, 0.3) is 0 Å². The largest absolute Gasteiger partial charge is 0.269 e. The van der Waals surface area contributed by atoms with Gasteiger partial charge in [0.15, 0.2) is 0 Å². The van der Waals surface area contributed by atoms with Gasteiger partial charge in [0.1, 0.15) is 5.82 Å². The van der Waals surface area contributed by atoms with Gasteiger partial charge in [0.05, 0.1) is 5.69 Å². The third-order valence-corrected chi connectivity index (χ3v) is 3.58. The molecule has 1 aromatic heterocycles. The number of aryl methyl sites for hydroxylation is 1. The Balaban J connectivity index is 2.16. The quantitative estimate of drug-likeness (QED) is 0.843. The van der Waals surface area contributed by atoms with Crippen molar-refractivity contribution < 1.29 is 0 Å². The molecule has 1 aliphatic carbocycles. The molecule has 1 saturated carbocycles. The minimum atomic E-state index is 0.435. The van der Waals surface area contributed by atoms with Gasteiger partial charge < -0.3 is 0 Å². The second-order valence-corrected chi connectivity index (χ2v) is 5.68. The summed E-state index contributed by atoms with van der Waals surface area (Å²) in [5.41, 5.74) is 2.20. The van der Waals surface area contributed by atoms with Crippen molar-refractivity contribution in [1.29, 1.82) is 0 Å². The van der Waals surface area contributed by atoms with Gasteiger partial charge in [0, 0.05) is 10.4 Å². The summed E-state index contributed by atoms with van der Waals surface area (Å²) in [6.45, 7) is 2.06. The highest BCUT2D eigenvalue weighted by Crippen LogP contribution is 2.40. The van der Waals surface area contributed by atoms with Gasteiger partial charge in [-0.05, 0) is 55.1 Å². The Labute approximate surface area is 113 Å². The number of rotatable bonds is 2. The molecule has 0 saturated heterocycles. The Bertz CT molecular complexity index is 555. The number of halogens is 2. The molecule has 1 fully saturated rings. The van der Waals surface area contributed by atoms with Crippen molar-refractivity contribution in [3.05, 3.63) is 39.3 Å². The van der Waals surface area contributed by atoms with Crippen LogP contribution in [0.15, 0.2) is 22.7 Å². The second-order valence-electron chi connectivity index (χ2n) is 4.42. The van der Waals surface area contributed by atoms with Crippen LogP contribution in [0.25, 0.3) is 5.69 Å². The summed E-state index contributed by atoms with van der Waals surface area (Å²) in [7, 11) is 0. The summed E-state index contributed by atoms with van der Waals surface area (Å²) in [5.74, 6) is 1.50. The lowest BCUT2D eigenvalue weighted by Crippen LogP contribution is -2.00. The van der Waals surface area contributed by atoms with Crippen molar-refractivity contribution in [2.75, 3.05) is 0 Å². The van der Waals surface area contributed by atoms with Crippen LogP contribution in [0.5, 0.6) is 0 Å². The van der Waals surface area contributed by atoms with Crippen molar-refractivity contribution >= 4 is 27.5 Å². The molecule has 17 heavy (non-hydrogen) atoms. The van der Waals surface area contributed by atoms with Crippen molar-refractivity contribution in [3.8, 4) is 5.69 Å². The molecule has 0 bridgehead atoms. The number of aromatic nitrogens is 3. The zero-order valence-corrected chi connectivity index (χ0v) is 11.7. The van der Waals surface area contributed by atoms with Gasteiger partial charge in [-0.25, -0.2) is 0 Å². The van der Waals surface area contributed by atoms with E-state index in [0.717, 1.165) is 16.0 Å². The topological polar surface area (TPSA) is 30.7 Å². The molecule has 1 aliphatic rings. The van der Waals surface area contributed by atoms with Gasteiger partial charge in [-0.1, -0.05) is 15.9 Å². The molecule has 0 amide bonds. The van der Waals surface area contributed by atoms with Crippen LogP contribution in [-0.2, 0) is 0 Å². The van der Waals surface area contributed by atoms with E-state index in [9.17, 15) is 0 Å². The van der Waals surface area contributed by atoms with E-state index in [1.54, 1.807) is 0 Å². The maximum absolute atomic E-state index is 6.13. The summed E-state index contributed by atoms with van der Waals surface area (Å²) < 4.78 is 2.98. The summed E-state index contributed by atoms with van der Waals surface area (Å²) in [6, 6.07) is 6.19. The van der Waals surface area contributed by atoms with Crippen LogP contribution in [0.2, 0.25) is 5.28 Å². The predicted octanol–water partition coefficient (Wildman–Crippen LogP) is 3.87. The van der Waals surface area contributed by atoms with Crippen LogP contribution in [0.3, 0.4) is 0 Å². The molecule has 3 nitrogen and oxygen atoms in total. The Kier molecular flexibility index (Phi) is 2.71. The van der Waals surface area contributed by atoms with Gasteiger partial charge >= 0.3 is 0 Å². The number of hydrogen-bond donors (Lipinski definition) is 0. The second kappa shape index (κ2) is 4.10. The Morgan fingerprint density at radius 1 is 1.29 bits per heavy atom. The third-order valence-electron chi connectivity index (χ3n) is 2.88. The zero-order chi connectivity index (χ0) is 12.0. The standard InChI is InChI=1S/C12H11BrClN3/c1-7-4-9(13)6-10(5-7)17-11(8-2-3-8)15-16-12(17)14/h4-6,8H,2-3H2,1H3. The summed E-state index contributed by atoms with van der Waals surface area (Å²) >= 11 is 9.63. The first-order valence-corrected chi connectivity index (χ1v) is 6.70. The first kappa shape index (κ1) is 11.2. The average Bonchev–Trinajstić information content (AvgIpc) is 3.01. The molecule has 5 heteroatoms. The van der Waals surface area contributed by atoms with Crippen LogP contribution in [0, 0.1) is 6.92 Å². The number of hydrogen-bond acceptors (Lipinski definition) is 2. The van der Waals surface area contributed by atoms with E-state index in [2.05, 4.69) is 45.2 Å². The predicted molar refractivity (Wildman–Crippen MR) is 70.8 cm³/mol. The molecule has 0 atom stereocenters. The van der Waals surface area contributed by atoms with E-state index in [1.807, 2.05) is 10.6 Å². The molecule has 88 valence electrons. The first-order valence-electron chi connectivity index (χ1n) is 5.53. The van der Waals surface area contributed by atoms with Gasteiger partial charge in [-0.15, -0.1) is 10.2 Å². The van der Waals surface area contributed by atoms with Crippen LogP contribution in [0.1, 0.15) is 30.1 Å². The lowest BCUT2D eigenvalue weighted by Gasteiger charge is -2.08. The van der Waals surface area contributed by atoms with Crippen LogP contribution in [0.4, 0.5) is 0 Å². The summed E-state index contributed by atoms with van der Waals surface area (Å²) in [6.07, 6.45) is 2.37. The first-order chi connectivity index (χ1) is 8.15. The molecule has 0 radical (unpaired) electrons. The van der Waals surface area contributed by atoms with Gasteiger partial charge in [0.2, 0.25) is 5.28 Å². The molecule has 0 unspecified atom stereocenters. The maximum atomic E-state index is 6.13. The fourth-order valence-corrected chi connectivity index (χ4v) is 2.78. The van der Waals surface area contributed by atoms with Crippen LogP contribution >= 0.6 is 27.5 Å². The minimum absolute atomic E-state index is 0.435. The number of nitrogens with zero attached hydrogens (tertiary/aromatic N) is 3. The molecule has 0 N–H and O–H groups in total. The van der Waals surface area contributed by atoms with Crippen LogP contribution < -0.4 is 0 Å². The molecule has 2 aromatic rings. The minimum Gasteiger partial charge on any atom is -0.269 e. The lowest BCUT2D eigenvalue weighted by atomic mass is 10.2. The Hall–Kier alpha value is -0.870. The average molecular weight is 313 g/mol. The smallest absolute Gasteiger partial charge is 0.229 e. The van der Waals surface area contributed by atoms with E-state index >= 15 is 0 Å². The summed E-state index contributed by atoms with van der Waals surface area (Å²) in [4.78, 5) is 0. The zero-order valence-electron chi connectivity index (χ0n) is 9.32. The highest BCUT2D eigenvalue weighted by atomic mass is 79.9. The van der Waals surface area contributed by atoms with Crippen molar-refractivity contribution in [2.24, 2.45) is 0 Å². The molecule has 3 rings (SSSR count). The fraction of sp³-hybridized carbons (Fsp3) is 0.333. The third kappa shape index (κ3) is 2.11. The Morgan fingerprint density at radius 2 is 2.06 bits per heavy atom. The van der Waals surface area contributed by atoms with Crippen molar-refractivity contribution in [2.45, 2.75) is 25.7 Å². The SMILES string of the molecule is Cc1cc(Br)cc(-n2c(Cl)nnc2C2CC2)c1. The lowest BCUT2D eigenvalue weighted by molar-refractivity contribution is 0.871. The van der Waals surface area contributed by atoms with E-state index < -0.39 is 0 Å². The fourth-order valence-electron chi connectivity index (χ4n) is 1.97. The van der Waals surface area contributed by atoms with Gasteiger partial charge in [-0.2, -0.15) is 0 Å². The highest BCUT2D eigenvalue weighted by molar-refractivity contribution is 9.10. The van der Waals surface area contributed by atoms with Crippen molar-refractivity contribution in [1.82, 2.24) is 14.8 Å². The molecule has 1 aromatic carbocycles. The number of benzene rings is 1. The Morgan fingerprint density at radius 3 is 2.71 bits per heavy atom.